The normalized spacial score (nSPS) is 11.7. The van der Waals surface area contributed by atoms with E-state index in [1.165, 1.54) is 6.07 Å². The summed E-state index contributed by atoms with van der Waals surface area (Å²) in [6, 6.07) is 4.05. The molecule has 104 valence electrons. The zero-order valence-corrected chi connectivity index (χ0v) is 10.8. The van der Waals surface area contributed by atoms with Crippen molar-refractivity contribution >= 4 is 11.7 Å². The first-order valence-corrected chi connectivity index (χ1v) is 5.86. The van der Waals surface area contributed by atoms with Crippen LogP contribution in [0.2, 0.25) is 0 Å². The molecule has 0 bridgehead atoms. The Balaban J connectivity index is 2.77. The Morgan fingerprint density at radius 2 is 2.21 bits per heavy atom. The molecule has 0 heterocycles. The van der Waals surface area contributed by atoms with Crippen LogP contribution in [0.4, 0.5) is 10.5 Å². The fourth-order valence-corrected chi connectivity index (χ4v) is 1.59. The van der Waals surface area contributed by atoms with Crippen molar-refractivity contribution in [2.24, 2.45) is 0 Å². The molecule has 0 spiro atoms. The lowest BCUT2D eigenvalue weighted by atomic mass is 10.1. The van der Waals surface area contributed by atoms with Gasteiger partial charge in [0.05, 0.1) is 17.6 Å². The van der Waals surface area contributed by atoms with Gasteiger partial charge in [-0.3, -0.25) is 10.1 Å². The predicted octanol–water partition coefficient (Wildman–Crippen LogP) is 1.26. The molecule has 0 aromatic heterocycles. The van der Waals surface area contributed by atoms with Crippen molar-refractivity contribution in [3.63, 3.8) is 0 Å². The second-order valence-corrected chi connectivity index (χ2v) is 4.15. The number of amides is 2. The van der Waals surface area contributed by atoms with E-state index in [2.05, 4.69) is 10.6 Å². The van der Waals surface area contributed by atoms with Gasteiger partial charge in [-0.05, 0) is 19.4 Å². The van der Waals surface area contributed by atoms with Crippen LogP contribution >= 0.6 is 0 Å². The van der Waals surface area contributed by atoms with Gasteiger partial charge in [-0.1, -0.05) is 12.1 Å². The van der Waals surface area contributed by atoms with Crippen molar-refractivity contribution < 1.29 is 14.8 Å². The minimum atomic E-state index is -0.447. The highest BCUT2D eigenvalue weighted by Crippen LogP contribution is 2.22. The Morgan fingerprint density at radius 3 is 2.79 bits per heavy atom. The Bertz CT molecular complexity index is 476. The number of carbonyl (C=O) groups is 1. The molecule has 0 saturated heterocycles. The third-order valence-electron chi connectivity index (χ3n) is 2.67. The lowest BCUT2D eigenvalue weighted by Gasteiger charge is -2.15. The Morgan fingerprint density at radius 1 is 1.53 bits per heavy atom. The molecule has 7 heteroatoms. The van der Waals surface area contributed by atoms with Crippen molar-refractivity contribution in [2.45, 2.75) is 19.9 Å². The number of benzene rings is 1. The van der Waals surface area contributed by atoms with E-state index in [0.29, 0.717) is 11.1 Å². The molecule has 3 N–H and O–H groups in total. The van der Waals surface area contributed by atoms with Crippen molar-refractivity contribution in [1.29, 1.82) is 0 Å². The summed E-state index contributed by atoms with van der Waals surface area (Å²) in [5.41, 5.74) is 1.25. The molecular weight excluding hydrogens is 250 g/mol. The van der Waals surface area contributed by atoms with Gasteiger partial charge in [0.25, 0.3) is 5.69 Å². The van der Waals surface area contributed by atoms with Crippen LogP contribution < -0.4 is 10.6 Å². The van der Waals surface area contributed by atoms with E-state index in [0.717, 1.165) is 0 Å². The number of nitrogens with zero attached hydrogens (tertiary/aromatic N) is 1. The van der Waals surface area contributed by atoms with E-state index < -0.39 is 11.0 Å². The maximum atomic E-state index is 11.4. The second-order valence-electron chi connectivity index (χ2n) is 4.15. The number of carbonyl (C=O) groups excluding carboxylic acids is 1. The molecule has 1 aromatic rings. The minimum absolute atomic E-state index is 0.0296. The highest BCUT2D eigenvalue weighted by molar-refractivity contribution is 5.74. The third kappa shape index (κ3) is 4.22. The fourth-order valence-electron chi connectivity index (χ4n) is 1.59. The summed E-state index contributed by atoms with van der Waals surface area (Å²) in [7, 11) is 0. The molecule has 1 rings (SSSR count). The molecular formula is C12H17N3O4. The number of hydrogen-bond acceptors (Lipinski definition) is 4. The minimum Gasteiger partial charge on any atom is -0.395 e. The van der Waals surface area contributed by atoms with Crippen LogP contribution in [-0.4, -0.2) is 29.2 Å². The molecule has 0 fully saturated rings. The topological polar surface area (TPSA) is 104 Å². The van der Waals surface area contributed by atoms with E-state index in [-0.39, 0.29) is 24.9 Å². The van der Waals surface area contributed by atoms with Crippen LogP contribution in [0.15, 0.2) is 18.2 Å². The van der Waals surface area contributed by atoms with Gasteiger partial charge in [0.15, 0.2) is 0 Å². The van der Waals surface area contributed by atoms with Crippen molar-refractivity contribution in [2.75, 3.05) is 13.2 Å². The van der Waals surface area contributed by atoms with Crippen LogP contribution in [-0.2, 0) is 0 Å². The zero-order chi connectivity index (χ0) is 14.4. The van der Waals surface area contributed by atoms with Gasteiger partial charge in [0.1, 0.15) is 0 Å². The zero-order valence-electron chi connectivity index (χ0n) is 10.8. The number of rotatable bonds is 5. The maximum Gasteiger partial charge on any atom is 0.315 e. The second kappa shape index (κ2) is 6.69. The first-order chi connectivity index (χ1) is 8.95. The smallest absolute Gasteiger partial charge is 0.315 e. The summed E-state index contributed by atoms with van der Waals surface area (Å²) in [6.45, 7) is 3.41. The number of hydrogen-bond donors (Lipinski definition) is 3. The first-order valence-electron chi connectivity index (χ1n) is 5.86. The number of nitro benzene ring substituents is 1. The third-order valence-corrected chi connectivity index (χ3v) is 2.67. The molecule has 0 saturated carbocycles. The van der Waals surface area contributed by atoms with Gasteiger partial charge in [-0.15, -0.1) is 0 Å². The van der Waals surface area contributed by atoms with Crippen LogP contribution in [0.1, 0.15) is 24.1 Å². The summed E-state index contributed by atoms with van der Waals surface area (Å²) >= 11 is 0. The van der Waals surface area contributed by atoms with Crippen molar-refractivity contribution in [3.05, 3.63) is 39.4 Å². The summed E-state index contributed by atoms with van der Waals surface area (Å²) in [5, 5.41) is 24.5. The SMILES string of the molecule is Cc1ccc(C(C)NC(=O)NCCO)cc1[N+](=O)[O-]. The van der Waals surface area contributed by atoms with Crippen molar-refractivity contribution in [1.82, 2.24) is 10.6 Å². The Kier molecular flexibility index (Phi) is 5.25. The predicted molar refractivity (Wildman–Crippen MR) is 69.9 cm³/mol. The maximum absolute atomic E-state index is 11.4. The summed E-state index contributed by atoms with van der Waals surface area (Å²) in [6.07, 6.45) is 0. The van der Waals surface area contributed by atoms with Gasteiger partial charge in [0, 0.05) is 18.2 Å². The van der Waals surface area contributed by atoms with Crippen LogP contribution in [0.5, 0.6) is 0 Å². The van der Waals surface area contributed by atoms with E-state index in [9.17, 15) is 14.9 Å². The lowest BCUT2D eigenvalue weighted by molar-refractivity contribution is -0.385. The summed E-state index contributed by atoms with van der Waals surface area (Å²) in [5.74, 6) is 0. The summed E-state index contributed by atoms with van der Waals surface area (Å²) < 4.78 is 0. The number of aliphatic hydroxyl groups is 1. The highest BCUT2D eigenvalue weighted by atomic mass is 16.6. The van der Waals surface area contributed by atoms with E-state index in [1.54, 1.807) is 26.0 Å². The molecule has 0 aliphatic heterocycles. The van der Waals surface area contributed by atoms with Crippen molar-refractivity contribution in [3.8, 4) is 0 Å². The van der Waals surface area contributed by atoms with Gasteiger partial charge < -0.3 is 15.7 Å². The number of urea groups is 1. The summed E-state index contributed by atoms with van der Waals surface area (Å²) in [4.78, 5) is 21.8. The average Bonchev–Trinajstić information content (AvgIpc) is 2.36. The number of nitrogens with one attached hydrogen (secondary N) is 2. The average molecular weight is 267 g/mol. The van der Waals surface area contributed by atoms with Gasteiger partial charge in [0.2, 0.25) is 0 Å². The van der Waals surface area contributed by atoms with E-state index >= 15 is 0 Å². The number of nitro groups is 1. The molecule has 1 unspecified atom stereocenters. The quantitative estimate of drug-likeness (QED) is 0.551. The first kappa shape index (κ1) is 14.9. The van der Waals surface area contributed by atoms with Crippen LogP contribution in [0.3, 0.4) is 0 Å². The van der Waals surface area contributed by atoms with Crippen LogP contribution in [0, 0.1) is 17.0 Å². The molecule has 0 aliphatic carbocycles. The van der Waals surface area contributed by atoms with Gasteiger partial charge in [-0.2, -0.15) is 0 Å². The number of aliphatic hydroxyl groups excluding tert-OH is 1. The van der Waals surface area contributed by atoms with Gasteiger partial charge in [-0.25, -0.2) is 4.79 Å². The molecule has 2 amide bonds. The largest absolute Gasteiger partial charge is 0.395 e. The molecule has 1 aromatic carbocycles. The van der Waals surface area contributed by atoms with Gasteiger partial charge >= 0.3 is 6.03 Å². The molecule has 1 atom stereocenters. The highest BCUT2D eigenvalue weighted by Gasteiger charge is 2.15. The molecule has 0 aliphatic rings. The molecule has 19 heavy (non-hydrogen) atoms. The molecule has 7 nitrogen and oxygen atoms in total. The lowest BCUT2D eigenvalue weighted by Crippen LogP contribution is -2.38. The van der Waals surface area contributed by atoms with E-state index in [1.807, 2.05) is 0 Å². The van der Waals surface area contributed by atoms with Crippen LogP contribution in [0.25, 0.3) is 0 Å². The monoisotopic (exact) mass is 267 g/mol. The standard InChI is InChI=1S/C12H17N3O4/c1-8-3-4-10(7-11(8)15(18)19)9(2)14-12(17)13-5-6-16/h3-4,7,9,16H,5-6H2,1-2H3,(H2,13,14,17). The molecule has 0 radical (unpaired) electrons. The Hall–Kier alpha value is -2.15. The fraction of sp³-hybridized carbons (Fsp3) is 0.417. The Labute approximate surface area is 110 Å². The van der Waals surface area contributed by atoms with E-state index in [4.69, 9.17) is 5.11 Å². The number of aryl methyl sites for hydroxylation is 1.